The van der Waals surface area contributed by atoms with Gasteiger partial charge in [0.15, 0.2) is 0 Å². The van der Waals surface area contributed by atoms with E-state index in [0.717, 1.165) is 67.5 Å². The van der Waals surface area contributed by atoms with E-state index in [-0.39, 0.29) is 5.92 Å². The molecule has 1 unspecified atom stereocenters. The zero-order chi connectivity index (χ0) is 40.7. The first-order chi connectivity index (χ1) is 30.7. The Balaban J connectivity index is 0.903. The molecule has 9 aromatic carbocycles. The van der Waals surface area contributed by atoms with Crippen LogP contribution in [0.15, 0.2) is 200 Å². The predicted octanol–water partition coefficient (Wildman–Crippen LogP) is 15.3. The van der Waals surface area contributed by atoms with E-state index in [2.05, 4.69) is 200 Å². The Labute approximate surface area is 358 Å². The summed E-state index contributed by atoms with van der Waals surface area (Å²) >= 11 is 0. The van der Waals surface area contributed by atoms with Crippen molar-refractivity contribution in [1.82, 2.24) is 15.0 Å². The number of hydrogen-bond acceptors (Lipinski definition) is 3. The van der Waals surface area contributed by atoms with Crippen molar-refractivity contribution in [2.75, 3.05) is 0 Å². The number of pyridine rings is 3. The highest BCUT2D eigenvalue weighted by Gasteiger charge is 2.23. The molecule has 0 aliphatic heterocycles. The second-order valence-electron chi connectivity index (χ2n) is 16.6. The zero-order valence-electron chi connectivity index (χ0n) is 33.8. The number of fused-ring (bicyclic) bond motifs is 14. The number of aromatic nitrogens is 3. The third-order valence-corrected chi connectivity index (χ3v) is 13.2. The Morgan fingerprint density at radius 3 is 1.85 bits per heavy atom. The first-order valence-corrected chi connectivity index (χ1v) is 21.4. The molecule has 0 N–H and O–H groups in total. The maximum Gasteiger partial charge on any atom is 0.0972 e. The summed E-state index contributed by atoms with van der Waals surface area (Å²) in [5, 5.41) is 13.4. The molecule has 0 saturated heterocycles. The molecule has 0 saturated carbocycles. The van der Waals surface area contributed by atoms with Crippen molar-refractivity contribution in [3.8, 4) is 33.8 Å². The van der Waals surface area contributed by atoms with E-state index in [1.54, 1.807) is 0 Å². The number of para-hydroxylation sites is 1. The SMILES string of the molecule is C1=CC(c2cccc(-c3nc4ccccc4c4c3ccc3ccccc34)c2)Cc2c1c1ccc(-c3ccc4ccc5ccc(-c6ccccc6)nc5c4n3)cc1c1ccccc21. The molecule has 13 rings (SSSR count). The van der Waals surface area contributed by atoms with Crippen molar-refractivity contribution < 1.29 is 0 Å². The predicted molar refractivity (Wildman–Crippen MR) is 261 cm³/mol. The lowest BCUT2D eigenvalue weighted by Crippen LogP contribution is -2.07. The molecular formula is C59H37N3. The number of allylic oxidation sites excluding steroid dienone is 1. The van der Waals surface area contributed by atoms with E-state index in [1.165, 1.54) is 65.2 Å². The normalized spacial score (nSPS) is 13.8. The lowest BCUT2D eigenvalue weighted by atomic mass is 9.80. The summed E-state index contributed by atoms with van der Waals surface area (Å²) in [6.45, 7) is 0. The summed E-state index contributed by atoms with van der Waals surface area (Å²) in [5.41, 5.74) is 13.1. The molecule has 3 heteroatoms. The zero-order valence-corrected chi connectivity index (χ0v) is 33.8. The van der Waals surface area contributed by atoms with Crippen LogP contribution in [-0.2, 0) is 6.42 Å². The fraction of sp³-hybridized carbons (Fsp3) is 0.0339. The fourth-order valence-corrected chi connectivity index (χ4v) is 10.1. The van der Waals surface area contributed by atoms with Gasteiger partial charge in [-0.1, -0.05) is 176 Å². The van der Waals surface area contributed by atoms with Gasteiger partial charge in [0, 0.05) is 49.5 Å². The Hall–Kier alpha value is -8.01. The van der Waals surface area contributed by atoms with Crippen LogP contribution in [0.1, 0.15) is 22.6 Å². The van der Waals surface area contributed by atoms with Crippen molar-refractivity contribution in [3.05, 3.63) is 217 Å². The average molecular weight is 788 g/mol. The molecule has 0 bridgehead atoms. The maximum absolute atomic E-state index is 5.32. The van der Waals surface area contributed by atoms with Crippen molar-refractivity contribution in [1.29, 1.82) is 0 Å². The highest BCUT2D eigenvalue weighted by atomic mass is 14.8. The number of nitrogens with zero attached hydrogens (tertiary/aromatic N) is 3. The number of benzene rings is 9. The molecule has 3 heterocycles. The highest BCUT2D eigenvalue weighted by Crippen LogP contribution is 2.43. The van der Waals surface area contributed by atoms with Gasteiger partial charge >= 0.3 is 0 Å². The van der Waals surface area contributed by atoms with Gasteiger partial charge in [-0.3, -0.25) is 0 Å². The van der Waals surface area contributed by atoms with Crippen LogP contribution in [0.5, 0.6) is 0 Å². The minimum Gasteiger partial charge on any atom is -0.247 e. The number of rotatable bonds is 4. The lowest BCUT2D eigenvalue weighted by molar-refractivity contribution is 0.834. The molecule has 3 aromatic heterocycles. The summed E-state index contributed by atoms with van der Waals surface area (Å²) in [4.78, 5) is 15.8. The monoisotopic (exact) mass is 787 g/mol. The smallest absolute Gasteiger partial charge is 0.0972 e. The molecule has 12 aromatic rings. The molecule has 0 amide bonds. The van der Waals surface area contributed by atoms with Crippen LogP contribution in [-0.4, -0.2) is 15.0 Å². The Morgan fingerprint density at radius 1 is 0.387 bits per heavy atom. The minimum atomic E-state index is 0.225. The van der Waals surface area contributed by atoms with Gasteiger partial charge in [0.05, 0.1) is 33.6 Å². The average Bonchev–Trinajstić information content (AvgIpc) is 3.35. The molecule has 3 nitrogen and oxygen atoms in total. The van der Waals surface area contributed by atoms with Gasteiger partial charge in [0.2, 0.25) is 0 Å². The molecule has 0 spiro atoms. The summed E-state index contributed by atoms with van der Waals surface area (Å²) in [6.07, 6.45) is 5.70. The third-order valence-electron chi connectivity index (χ3n) is 13.2. The van der Waals surface area contributed by atoms with Crippen LogP contribution >= 0.6 is 0 Å². The molecule has 288 valence electrons. The van der Waals surface area contributed by atoms with Crippen LogP contribution in [0.25, 0.3) is 116 Å². The fourth-order valence-electron chi connectivity index (χ4n) is 10.1. The van der Waals surface area contributed by atoms with Crippen molar-refractivity contribution in [2.24, 2.45) is 0 Å². The van der Waals surface area contributed by atoms with Crippen molar-refractivity contribution in [3.63, 3.8) is 0 Å². The summed E-state index contributed by atoms with van der Waals surface area (Å²) in [7, 11) is 0. The van der Waals surface area contributed by atoms with Crippen LogP contribution in [0.4, 0.5) is 0 Å². The molecule has 62 heavy (non-hydrogen) atoms. The minimum absolute atomic E-state index is 0.225. The van der Waals surface area contributed by atoms with E-state index in [9.17, 15) is 0 Å². The standard InChI is InChI=1S/C59H37N3/c1-2-12-37(13-3-1)53-31-26-38-21-22-39-27-32-54(61-59(39)58(38)60-53)42-25-29-48-47-28-24-41(34-51(47)45-17-6-7-18-46(45)52(48)35-42)40-14-10-15-43(33-40)57-50-30-23-36-11-4-5-16-44(36)56(50)49-19-8-9-20-55(49)62-57/h1-33,35,41H,34H2. The topological polar surface area (TPSA) is 38.7 Å². The van der Waals surface area contributed by atoms with Gasteiger partial charge in [-0.15, -0.1) is 0 Å². The first-order valence-electron chi connectivity index (χ1n) is 21.4. The molecule has 0 radical (unpaired) electrons. The molecule has 0 fully saturated rings. The van der Waals surface area contributed by atoms with E-state index in [1.807, 2.05) is 6.07 Å². The van der Waals surface area contributed by atoms with E-state index < -0.39 is 0 Å². The Bertz CT molecular complexity index is 3830. The van der Waals surface area contributed by atoms with Crippen LogP contribution < -0.4 is 0 Å². The Morgan fingerprint density at radius 2 is 1.03 bits per heavy atom. The third kappa shape index (κ3) is 5.48. The van der Waals surface area contributed by atoms with Gasteiger partial charge in [-0.25, -0.2) is 15.0 Å². The summed E-state index contributed by atoms with van der Waals surface area (Å²) in [5.74, 6) is 0.225. The van der Waals surface area contributed by atoms with E-state index in [4.69, 9.17) is 15.0 Å². The second-order valence-corrected chi connectivity index (χ2v) is 16.6. The lowest BCUT2D eigenvalue weighted by Gasteiger charge is -2.24. The van der Waals surface area contributed by atoms with Gasteiger partial charge in [0.1, 0.15) is 0 Å². The maximum atomic E-state index is 5.32. The summed E-state index contributed by atoms with van der Waals surface area (Å²) in [6, 6.07) is 69.9. The quantitative estimate of drug-likeness (QED) is 0.167. The molecular weight excluding hydrogens is 751 g/mol. The molecule has 1 aliphatic rings. The van der Waals surface area contributed by atoms with Gasteiger partial charge in [-0.05, 0) is 85.8 Å². The second kappa shape index (κ2) is 13.8. The van der Waals surface area contributed by atoms with Crippen LogP contribution in [0.3, 0.4) is 0 Å². The van der Waals surface area contributed by atoms with Crippen LogP contribution in [0.2, 0.25) is 0 Å². The highest BCUT2D eigenvalue weighted by molar-refractivity contribution is 6.22. The van der Waals surface area contributed by atoms with Gasteiger partial charge in [0.25, 0.3) is 0 Å². The van der Waals surface area contributed by atoms with Gasteiger partial charge in [-0.2, -0.15) is 0 Å². The largest absolute Gasteiger partial charge is 0.247 e. The van der Waals surface area contributed by atoms with Gasteiger partial charge < -0.3 is 0 Å². The molecule has 1 aliphatic carbocycles. The van der Waals surface area contributed by atoms with E-state index in [0.29, 0.717) is 0 Å². The first kappa shape index (κ1) is 34.8. The van der Waals surface area contributed by atoms with Crippen molar-refractivity contribution in [2.45, 2.75) is 12.3 Å². The van der Waals surface area contributed by atoms with Crippen molar-refractivity contribution >= 4 is 81.9 Å². The summed E-state index contributed by atoms with van der Waals surface area (Å²) < 4.78 is 0. The van der Waals surface area contributed by atoms with E-state index >= 15 is 0 Å². The van der Waals surface area contributed by atoms with Crippen LogP contribution in [0, 0.1) is 0 Å². The number of hydrogen-bond donors (Lipinski definition) is 0. The Kier molecular flexibility index (Phi) is 7.73. The molecule has 1 atom stereocenters.